The highest BCUT2D eigenvalue weighted by atomic mass is 32.2. The summed E-state index contributed by atoms with van der Waals surface area (Å²) in [6.45, 7) is 5.50. The molecule has 4 rings (SSSR count). The molecule has 0 spiro atoms. The molecule has 1 heterocycles. The Morgan fingerprint density at radius 2 is 1.68 bits per heavy atom. The number of amides is 1. The third-order valence-corrected chi connectivity index (χ3v) is 6.78. The number of para-hydroxylation sites is 2. The molecular weight excluding hydrogens is 410 g/mol. The molecule has 0 fully saturated rings. The molecule has 0 radical (unpaired) electrons. The highest BCUT2D eigenvalue weighted by Gasteiger charge is 2.30. The van der Waals surface area contributed by atoms with Gasteiger partial charge in [-0.25, -0.2) is 8.42 Å². The van der Waals surface area contributed by atoms with E-state index in [0.29, 0.717) is 17.8 Å². The predicted molar refractivity (Wildman–Crippen MR) is 124 cm³/mol. The molecule has 1 amide bonds. The van der Waals surface area contributed by atoms with E-state index in [-0.39, 0.29) is 16.8 Å². The van der Waals surface area contributed by atoms with Crippen molar-refractivity contribution in [2.75, 3.05) is 14.9 Å². The van der Waals surface area contributed by atoms with E-state index >= 15 is 0 Å². The lowest BCUT2D eigenvalue weighted by Crippen LogP contribution is -2.33. The molecule has 0 saturated heterocycles. The summed E-state index contributed by atoms with van der Waals surface area (Å²) in [5.41, 5.74) is 4.77. The average Bonchev–Trinajstić information content (AvgIpc) is 3.06. The van der Waals surface area contributed by atoms with Crippen molar-refractivity contribution in [3.05, 3.63) is 77.9 Å². The van der Waals surface area contributed by atoms with Crippen LogP contribution in [0.25, 0.3) is 0 Å². The van der Waals surface area contributed by atoms with E-state index in [4.69, 9.17) is 0 Å². The molecule has 3 aromatic rings. The lowest BCUT2D eigenvalue weighted by Gasteiger charge is -2.20. The zero-order valence-electron chi connectivity index (χ0n) is 17.7. The molecule has 0 bridgehead atoms. The van der Waals surface area contributed by atoms with Crippen LogP contribution < -0.4 is 14.9 Å². The summed E-state index contributed by atoms with van der Waals surface area (Å²) in [6, 6.07) is 20.0. The van der Waals surface area contributed by atoms with E-state index < -0.39 is 10.0 Å². The number of carbonyl (C=O) groups is 1. The average molecular weight is 436 g/mol. The van der Waals surface area contributed by atoms with Gasteiger partial charge in [-0.3, -0.25) is 9.52 Å². The smallest absolute Gasteiger partial charge is 0.261 e. The fraction of sp³-hybridized carbons (Fsp3) is 0.208. The van der Waals surface area contributed by atoms with Crippen LogP contribution in [0.1, 0.15) is 25.0 Å². The van der Waals surface area contributed by atoms with E-state index in [2.05, 4.69) is 10.0 Å². The number of nitrogens with zero attached hydrogens (tertiary/aromatic N) is 1. The number of rotatable bonds is 5. The fourth-order valence-electron chi connectivity index (χ4n) is 3.93. The van der Waals surface area contributed by atoms with Gasteiger partial charge in [0.2, 0.25) is 5.91 Å². The second-order valence-corrected chi connectivity index (χ2v) is 9.56. The Morgan fingerprint density at radius 3 is 2.35 bits per heavy atom. The molecular formula is C24H25N3O3S. The number of benzene rings is 3. The number of carbonyl (C=O) groups excluding carboxylic acids is 1. The Morgan fingerprint density at radius 1 is 1.00 bits per heavy atom. The number of aryl methyl sites for hydroxylation is 1. The van der Waals surface area contributed by atoms with Crippen LogP contribution in [0.3, 0.4) is 0 Å². The van der Waals surface area contributed by atoms with Crippen molar-refractivity contribution in [3.8, 4) is 0 Å². The maximum Gasteiger partial charge on any atom is 0.261 e. The number of anilines is 4. The normalized spacial score (nSPS) is 15.5. The van der Waals surface area contributed by atoms with Crippen LogP contribution >= 0.6 is 0 Å². The van der Waals surface area contributed by atoms with Crippen molar-refractivity contribution in [1.82, 2.24) is 0 Å². The Kier molecular flexibility index (Phi) is 5.45. The molecule has 1 atom stereocenters. The molecule has 31 heavy (non-hydrogen) atoms. The second kappa shape index (κ2) is 8.07. The van der Waals surface area contributed by atoms with Crippen molar-refractivity contribution in [1.29, 1.82) is 0 Å². The zero-order chi connectivity index (χ0) is 22.2. The van der Waals surface area contributed by atoms with E-state index in [1.165, 1.54) is 6.92 Å². The molecule has 6 nitrogen and oxygen atoms in total. The molecule has 1 aliphatic heterocycles. The topological polar surface area (TPSA) is 78.5 Å². The number of sulfonamides is 1. The van der Waals surface area contributed by atoms with Gasteiger partial charge < -0.3 is 10.2 Å². The summed E-state index contributed by atoms with van der Waals surface area (Å²) >= 11 is 0. The molecule has 0 aliphatic carbocycles. The van der Waals surface area contributed by atoms with Crippen molar-refractivity contribution in [2.45, 2.75) is 38.1 Å². The maximum absolute atomic E-state index is 13.1. The minimum atomic E-state index is -3.81. The van der Waals surface area contributed by atoms with Crippen LogP contribution in [0, 0.1) is 6.92 Å². The Balaban J connectivity index is 1.61. The molecule has 160 valence electrons. The van der Waals surface area contributed by atoms with Gasteiger partial charge in [-0.15, -0.1) is 0 Å². The van der Waals surface area contributed by atoms with Gasteiger partial charge >= 0.3 is 0 Å². The number of hydrogen-bond donors (Lipinski definition) is 2. The van der Waals surface area contributed by atoms with Crippen molar-refractivity contribution < 1.29 is 13.2 Å². The van der Waals surface area contributed by atoms with Gasteiger partial charge in [-0.1, -0.05) is 29.8 Å². The Hall–Kier alpha value is -3.32. The third-order valence-electron chi connectivity index (χ3n) is 5.42. The lowest BCUT2D eigenvalue weighted by molar-refractivity contribution is -0.116. The van der Waals surface area contributed by atoms with Crippen LogP contribution in [-0.2, 0) is 21.2 Å². The first-order chi connectivity index (χ1) is 14.7. The summed E-state index contributed by atoms with van der Waals surface area (Å²) < 4.78 is 29.0. The molecule has 0 saturated carbocycles. The summed E-state index contributed by atoms with van der Waals surface area (Å²) in [5, 5.41) is 3.27. The molecule has 3 aromatic carbocycles. The molecule has 7 heteroatoms. The van der Waals surface area contributed by atoms with Crippen molar-refractivity contribution >= 4 is 38.7 Å². The van der Waals surface area contributed by atoms with Gasteiger partial charge in [0.25, 0.3) is 10.0 Å². The number of nitrogens with one attached hydrogen (secondary N) is 2. The second-order valence-electron chi connectivity index (χ2n) is 7.87. The van der Waals surface area contributed by atoms with E-state index in [9.17, 15) is 13.2 Å². The Bertz CT molecular complexity index is 1240. The first kappa shape index (κ1) is 20.9. The van der Waals surface area contributed by atoms with Gasteiger partial charge in [0.05, 0.1) is 16.3 Å². The van der Waals surface area contributed by atoms with Gasteiger partial charge in [-0.2, -0.15) is 0 Å². The summed E-state index contributed by atoms with van der Waals surface area (Å²) in [7, 11) is -3.81. The van der Waals surface area contributed by atoms with E-state index in [1.54, 1.807) is 35.2 Å². The minimum absolute atomic E-state index is 0.0119. The molecule has 1 aliphatic rings. The lowest BCUT2D eigenvalue weighted by atomic mass is 10.1. The van der Waals surface area contributed by atoms with Gasteiger partial charge in [0.1, 0.15) is 0 Å². The zero-order valence-corrected chi connectivity index (χ0v) is 18.5. The van der Waals surface area contributed by atoms with E-state index in [1.807, 2.05) is 50.2 Å². The first-order valence-electron chi connectivity index (χ1n) is 10.1. The van der Waals surface area contributed by atoms with Crippen LogP contribution in [0.15, 0.2) is 71.6 Å². The highest BCUT2D eigenvalue weighted by Crippen LogP contribution is 2.35. The van der Waals surface area contributed by atoms with Crippen LogP contribution in [0.5, 0.6) is 0 Å². The predicted octanol–water partition coefficient (Wildman–Crippen LogP) is 4.84. The van der Waals surface area contributed by atoms with Crippen LogP contribution in [-0.4, -0.2) is 20.4 Å². The quantitative estimate of drug-likeness (QED) is 0.601. The van der Waals surface area contributed by atoms with Crippen LogP contribution in [0.2, 0.25) is 0 Å². The monoisotopic (exact) mass is 435 g/mol. The van der Waals surface area contributed by atoms with Crippen molar-refractivity contribution in [3.63, 3.8) is 0 Å². The number of fused-ring (bicyclic) bond motifs is 1. The van der Waals surface area contributed by atoms with Gasteiger partial charge in [-0.05, 0) is 68.3 Å². The first-order valence-corrected chi connectivity index (χ1v) is 11.6. The maximum atomic E-state index is 13.1. The fourth-order valence-corrected chi connectivity index (χ4v) is 5.06. The molecule has 0 aromatic heterocycles. The molecule has 1 unspecified atom stereocenters. The van der Waals surface area contributed by atoms with Crippen LogP contribution in [0.4, 0.5) is 22.7 Å². The summed E-state index contributed by atoms with van der Waals surface area (Å²) in [6.07, 6.45) is 0.629. The van der Waals surface area contributed by atoms with Gasteiger partial charge in [0.15, 0.2) is 0 Å². The Labute approximate surface area is 183 Å². The standard InChI is InChI=1S/C24H25N3O3S/c1-16-8-10-20(11-9-16)25-22-6-4-5-7-23(22)26-31(29,30)21-12-13-24-19(15-21)14-17(2)27(24)18(3)28/h4-13,15,17,25-26H,14H2,1-3H3. The third kappa shape index (κ3) is 4.27. The van der Waals surface area contributed by atoms with E-state index in [0.717, 1.165) is 22.5 Å². The summed E-state index contributed by atoms with van der Waals surface area (Å²) in [5.74, 6) is -0.0453. The SMILES string of the molecule is CC(=O)N1c2ccc(S(=O)(=O)Nc3ccccc3Nc3ccc(C)cc3)cc2CC1C. The summed E-state index contributed by atoms with van der Waals surface area (Å²) in [4.78, 5) is 13.8. The highest BCUT2D eigenvalue weighted by molar-refractivity contribution is 7.92. The minimum Gasteiger partial charge on any atom is -0.354 e. The largest absolute Gasteiger partial charge is 0.354 e. The molecule has 2 N–H and O–H groups in total. The number of hydrogen-bond acceptors (Lipinski definition) is 4. The van der Waals surface area contributed by atoms with Crippen molar-refractivity contribution in [2.24, 2.45) is 0 Å². The van der Waals surface area contributed by atoms with Gasteiger partial charge in [0, 0.05) is 24.3 Å².